The van der Waals surface area contributed by atoms with Gasteiger partial charge < -0.3 is 40.5 Å². The lowest BCUT2D eigenvalue weighted by molar-refractivity contribution is -0.276. The second-order valence-electron chi connectivity index (χ2n) is 5.51. The number of hydrogen-bond donors (Lipinski definition) is 6. The van der Waals surface area contributed by atoms with Gasteiger partial charge in [-0.3, -0.25) is 9.05 Å². The van der Waals surface area contributed by atoms with Gasteiger partial charge in [0.25, 0.3) is 0 Å². The van der Waals surface area contributed by atoms with Gasteiger partial charge in [0.15, 0.2) is 0 Å². The maximum absolute atomic E-state index is 11.6. The van der Waals surface area contributed by atoms with Gasteiger partial charge >= 0.3 is 7.82 Å². The van der Waals surface area contributed by atoms with Gasteiger partial charge in [0.1, 0.15) is 35.9 Å². The predicted molar refractivity (Wildman–Crippen MR) is 86.2 cm³/mol. The highest BCUT2D eigenvalue weighted by molar-refractivity contribution is 7.47. The summed E-state index contributed by atoms with van der Waals surface area (Å²) in [5.74, 6) is 0.217. The van der Waals surface area contributed by atoms with Crippen molar-refractivity contribution in [2.45, 2.75) is 30.7 Å². The third-order valence-electron chi connectivity index (χ3n) is 3.53. The van der Waals surface area contributed by atoms with Crippen molar-refractivity contribution in [3.63, 3.8) is 0 Å². The van der Waals surface area contributed by atoms with Crippen LogP contribution >= 0.6 is 7.82 Å². The number of aliphatic hydroxyl groups is 3. The summed E-state index contributed by atoms with van der Waals surface area (Å²) in [5.41, 5.74) is 5.16. The maximum Gasteiger partial charge on any atom is 0.472 e. The molecule has 0 radical (unpaired) electrons. The van der Waals surface area contributed by atoms with Crippen molar-refractivity contribution in [3.05, 3.63) is 24.3 Å². The molecule has 11 nitrogen and oxygen atoms in total. The molecule has 1 aromatic rings. The molecule has 0 bridgehead atoms. The van der Waals surface area contributed by atoms with E-state index in [1.54, 1.807) is 0 Å². The number of phosphoric ester groups is 1. The first kappa shape index (κ1) is 21.0. The van der Waals surface area contributed by atoms with Crippen LogP contribution in [0.2, 0.25) is 0 Å². The van der Waals surface area contributed by atoms with Gasteiger partial charge in [-0.2, -0.15) is 0 Å². The number of hydrogen-bond acceptors (Lipinski definition) is 10. The van der Waals surface area contributed by atoms with E-state index >= 15 is 0 Å². The molecule has 1 heterocycles. The Morgan fingerprint density at radius 3 is 2.35 bits per heavy atom. The number of nitrogens with two attached hydrogens (primary N) is 1. The second-order valence-corrected chi connectivity index (χ2v) is 6.97. The topological polar surface area (TPSA) is 181 Å². The number of rotatable bonds is 8. The molecular formula is C14H22NO10P. The van der Waals surface area contributed by atoms with E-state index in [1.165, 1.54) is 24.3 Å². The van der Waals surface area contributed by atoms with Crippen LogP contribution in [0.1, 0.15) is 0 Å². The van der Waals surface area contributed by atoms with Gasteiger partial charge in [-0.1, -0.05) is 0 Å². The Morgan fingerprint density at radius 1 is 1.08 bits per heavy atom. The molecule has 0 amide bonds. The fourth-order valence-corrected chi connectivity index (χ4v) is 2.93. The highest BCUT2D eigenvalue weighted by atomic mass is 31.2. The molecule has 2 rings (SSSR count). The van der Waals surface area contributed by atoms with Crippen LogP contribution in [0.25, 0.3) is 0 Å². The first-order valence-electron chi connectivity index (χ1n) is 7.71. The molecule has 26 heavy (non-hydrogen) atoms. The van der Waals surface area contributed by atoms with Crippen LogP contribution in [0.4, 0.5) is 0 Å². The van der Waals surface area contributed by atoms with Crippen LogP contribution in [0.15, 0.2) is 24.3 Å². The van der Waals surface area contributed by atoms with E-state index in [0.29, 0.717) is 0 Å². The zero-order valence-electron chi connectivity index (χ0n) is 13.6. The van der Waals surface area contributed by atoms with Gasteiger partial charge in [-0.15, -0.1) is 0 Å². The molecule has 0 aromatic heterocycles. The Hall–Kier alpha value is -1.27. The molecule has 7 N–H and O–H groups in total. The normalized spacial score (nSPS) is 31.3. The van der Waals surface area contributed by atoms with E-state index in [-0.39, 0.29) is 24.7 Å². The molecule has 1 fully saturated rings. The smallest absolute Gasteiger partial charge is 0.472 e. The van der Waals surface area contributed by atoms with Crippen molar-refractivity contribution in [2.75, 3.05) is 19.8 Å². The van der Waals surface area contributed by atoms with Gasteiger partial charge in [0.2, 0.25) is 6.29 Å². The molecule has 1 saturated heterocycles. The van der Waals surface area contributed by atoms with Crippen molar-refractivity contribution < 1.29 is 48.4 Å². The lowest BCUT2D eigenvalue weighted by atomic mass is 9.99. The standard InChI is InChI=1S/C14H22NO10P/c15-5-6-22-26(20,21)23-7-10-11(17)12(18)13(19)14(25-10)24-9-3-1-8(16)2-4-9/h1-4,10-14,16-19H,5-7,15H2,(H,20,21)/t10-,11-,12+,13-,14-/m1/s1. The maximum atomic E-state index is 11.6. The van der Waals surface area contributed by atoms with Crippen LogP contribution in [-0.2, 0) is 18.3 Å². The molecular weight excluding hydrogens is 373 g/mol. The third kappa shape index (κ3) is 5.61. The number of aromatic hydroxyl groups is 1. The first-order valence-corrected chi connectivity index (χ1v) is 9.20. The summed E-state index contributed by atoms with van der Waals surface area (Å²) in [7, 11) is -4.41. The Morgan fingerprint density at radius 2 is 1.73 bits per heavy atom. The molecule has 1 aliphatic heterocycles. The molecule has 1 unspecified atom stereocenters. The zero-order valence-corrected chi connectivity index (χ0v) is 14.5. The summed E-state index contributed by atoms with van der Waals surface area (Å²) in [6.45, 7) is -0.821. The van der Waals surface area contributed by atoms with Gasteiger partial charge in [-0.25, -0.2) is 4.57 Å². The lowest BCUT2D eigenvalue weighted by Crippen LogP contribution is -2.60. The van der Waals surface area contributed by atoms with Crippen molar-refractivity contribution in [2.24, 2.45) is 5.73 Å². The molecule has 6 atom stereocenters. The van der Waals surface area contributed by atoms with Crippen molar-refractivity contribution in [1.82, 2.24) is 0 Å². The minimum Gasteiger partial charge on any atom is -0.508 e. The summed E-state index contributed by atoms with van der Waals surface area (Å²) in [6, 6.07) is 5.48. The van der Waals surface area contributed by atoms with Crippen LogP contribution < -0.4 is 10.5 Å². The van der Waals surface area contributed by atoms with E-state index in [1.807, 2.05) is 0 Å². The van der Waals surface area contributed by atoms with E-state index < -0.39 is 45.1 Å². The number of phenolic OH excluding ortho intramolecular Hbond substituents is 1. The molecule has 148 valence electrons. The number of benzene rings is 1. The summed E-state index contributed by atoms with van der Waals surface area (Å²) >= 11 is 0. The van der Waals surface area contributed by atoms with E-state index in [4.69, 9.17) is 19.7 Å². The molecule has 0 saturated carbocycles. The first-order chi connectivity index (χ1) is 12.2. The fourth-order valence-electron chi connectivity index (χ4n) is 2.18. The minimum atomic E-state index is -4.41. The number of phenols is 1. The third-order valence-corrected chi connectivity index (χ3v) is 4.52. The Balaban J connectivity index is 2.00. The van der Waals surface area contributed by atoms with Crippen molar-refractivity contribution in [3.8, 4) is 11.5 Å². The molecule has 1 aromatic carbocycles. The van der Waals surface area contributed by atoms with Crippen molar-refractivity contribution >= 4 is 7.82 Å². The minimum absolute atomic E-state index is 0.000345. The molecule has 0 aliphatic carbocycles. The number of phosphoric acid groups is 1. The fraction of sp³-hybridized carbons (Fsp3) is 0.571. The summed E-state index contributed by atoms with van der Waals surface area (Å²) in [4.78, 5) is 9.46. The largest absolute Gasteiger partial charge is 0.508 e. The van der Waals surface area contributed by atoms with E-state index in [9.17, 15) is 29.9 Å². The second kappa shape index (κ2) is 9.09. The number of aliphatic hydroxyl groups excluding tert-OH is 3. The average molecular weight is 395 g/mol. The van der Waals surface area contributed by atoms with Crippen LogP contribution in [0, 0.1) is 0 Å². The highest BCUT2D eigenvalue weighted by Crippen LogP contribution is 2.43. The average Bonchev–Trinajstić information content (AvgIpc) is 2.61. The highest BCUT2D eigenvalue weighted by Gasteiger charge is 2.45. The summed E-state index contributed by atoms with van der Waals surface area (Å²) < 4.78 is 31.6. The van der Waals surface area contributed by atoms with E-state index in [0.717, 1.165) is 0 Å². The Bertz CT molecular complexity index is 614. The summed E-state index contributed by atoms with van der Waals surface area (Å²) in [5, 5.41) is 39.1. The molecule has 12 heteroatoms. The Labute approximate surface area is 149 Å². The van der Waals surface area contributed by atoms with Crippen LogP contribution in [0.3, 0.4) is 0 Å². The van der Waals surface area contributed by atoms with Gasteiger partial charge in [0, 0.05) is 6.54 Å². The van der Waals surface area contributed by atoms with Crippen molar-refractivity contribution in [1.29, 1.82) is 0 Å². The number of ether oxygens (including phenoxy) is 2. The predicted octanol–water partition coefficient (Wildman–Crippen LogP) is -1.33. The lowest BCUT2D eigenvalue weighted by Gasteiger charge is -2.40. The van der Waals surface area contributed by atoms with Gasteiger partial charge in [-0.05, 0) is 24.3 Å². The molecule has 1 aliphatic rings. The monoisotopic (exact) mass is 395 g/mol. The SMILES string of the molecule is NCCOP(=O)(O)OC[C@H]1O[C@@H](Oc2ccc(O)cc2)[C@H](O)[C@@H](O)[C@@H]1O. The van der Waals surface area contributed by atoms with Crippen LogP contribution in [-0.4, -0.2) is 75.8 Å². The zero-order chi connectivity index (χ0) is 19.3. The quantitative estimate of drug-likeness (QED) is 0.287. The van der Waals surface area contributed by atoms with E-state index in [2.05, 4.69) is 4.52 Å². The summed E-state index contributed by atoms with van der Waals surface area (Å²) in [6.07, 6.45) is -7.52. The molecule has 0 spiro atoms. The van der Waals surface area contributed by atoms with Gasteiger partial charge in [0.05, 0.1) is 13.2 Å². The Kier molecular flexibility index (Phi) is 7.35. The van der Waals surface area contributed by atoms with Crippen LogP contribution in [0.5, 0.6) is 11.5 Å².